The van der Waals surface area contributed by atoms with Crippen molar-refractivity contribution in [1.82, 2.24) is 25.5 Å². The van der Waals surface area contributed by atoms with Gasteiger partial charge in [-0.25, -0.2) is 9.78 Å². The number of thioether (sulfide) groups is 1. The lowest BCUT2D eigenvalue weighted by atomic mass is 10.0. The van der Waals surface area contributed by atoms with E-state index >= 15 is 0 Å². The standard InChI is InChI=1S/C26H23N5O7S/c1-13(32)38-11-15-12-39-25-19(24(35)31(25)20(15)26(36)37)30-22(33)18(14-7-3-2-4-8-14)29-23(34)21-27-16-9-5-6-10-17(16)28-21/h2-10,18-19,25H,11-12H2,1H3,(H,27,28)(H,29,34)(H,30,33)(H,36,37)/t18?,19?,25-/m0/s1. The Hall–Kier alpha value is -4.65. The third-order valence-corrected chi connectivity index (χ3v) is 7.61. The van der Waals surface area contributed by atoms with E-state index in [1.807, 2.05) is 0 Å². The summed E-state index contributed by atoms with van der Waals surface area (Å²) < 4.78 is 4.94. The topological polar surface area (TPSA) is 171 Å². The lowest BCUT2D eigenvalue weighted by molar-refractivity contribution is -0.151. The van der Waals surface area contributed by atoms with Crippen LogP contribution >= 0.6 is 11.8 Å². The van der Waals surface area contributed by atoms with Crippen molar-refractivity contribution in [3.63, 3.8) is 0 Å². The summed E-state index contributed by atoms with van der Waals surface area (Å²) in [6.07, 6.45) is 0. The number of carbonyl (C=O) groups is 5. The van der Waals surface area contributed by atoms with Crippen LogP contribution in [0.5, 0.6) is 0 Å². The normalized spacial score (nSPS) is 19.1. The first-order chi connectivity index (χ1) is 18.7. The number of imidazole rings is 1. The van der Waals surface area contributed by atoms with Crippen LogP contribution in [0.1, 0.15) is 29.1 Å². The monoisotopic (exact) mass is 549 g/mol. The molecule has 0 bridgehead atoms. The fourth-order valence-corrected chi connectivity index (χ4v) is 5.75. The highest BCUT2D eigenvalue weighted by Crippen LogP contribution is 2.40. The number of carboxylic acid groups (broad SMARTS) is 1. The second kappa shape index (κ2) is 10.6. The number of fused-ring (bicyclic) bond motifs is 2. The lowest BCUT2D eigenvalue weighted by Gasteiger charge is -2.49. The molecule has 1 saturated heterocycles. The third kappa shape index (κ3) is 5.08. The zero-order valence-electron chi connectivity index (χ0n) is 20.5. The first-order valence-corrected chi connectivity index (χ1v) is 12.9. The average molecular weight is 550 g/mol. The van der Waals surface area contributed by atoms with Crippen LogP contribution in [0.15, 0.2) is 65.9 Å². The highest BCUT2D eigenvalue weighted by molar-refractivity contribution is 8.00. The molecule has 13 heteroatoms. The van der Waals surface area contributed by atoms with Crippen LogP contribution in [0.3, 0.4) is 0 Å². The minimum Gasteiger partial charge on any atom is -0.477 e. The van der Waals surface area contributed by atoms with Crippen molar-refractivity contribution in [2.45, 2.75) is 24.4 Å². The Morgan fingerprint density at radius 1 is 1.15 bits per heavy atom. The van der Waals surface area contributed by atoms with Crippen molar-refractivity contribution >= 4 is 52.5 Å². The summed E-state index contributed by atoms with van der Waals surface area (Å²) in [7, 11) is 0. The minimum absolute atomic E-state index is 0.0233. The molecule has 39 heavy (non-hydrogen) atoms. The molecule has 2 aliphatic rings. The molecule has 3 aromatic rings. The summed E-state index contributed by atoms with van der Waals surface area (Å²) in [5.41, 5.74) is 1.77. The quantitative estimate of drug-likeness (QED) is 0.239. The van der Waals surface area contributed by atoms with E-state index in [2.05, 4.69) is 20.6 Å². The van der Waals surface area contributed by atoms with Gasteiger partial charge in [0.05, 0.1) is 11.0 Å². The van der Waals surface area contributed by atoms with Crippen LogP contribution in [0.25, 0.3) is 11.0 Å². The molecule has 1 aromatic heterocycles. The molecule has 3 atom stereocenters. The van der Waals surface area contributed by atoms with Crippen LogP contribution in [-0.4, -0.2) is 73.4 Å². The predicted octanol–water partition coefficient (Wildman–Crippen LogP) is 1.34. The molecular weight excluding hydrogens is 526 g/mol. The van der Waals surface area contributed by atoms with Gasteiger partial charge in [-0.15, -0.1) is 11.8 Å². The number of carbonyl (C=O) groups excluding carboxylic acids is 4. The number of nitrogens with one attached hydrogen (secondary N) is 3. The van der Waals surface area contributed by atoms with Crippen LogP contribution < -0.4 is 10.6 Å². The van der Waals surface area contributed by atoms with Crippen LogP contribution in [0.4, 0.5) is 0 Å². The first kappa shape index (κ1) is 26.0. The van der Waals surface area contributed by atoms with Crippen molar-refractivity contribution in [3.05, 3.63) is 77.3 Å². The van der Waals surface area contributed by atoms with E-state index in [1.54, 1.807) is 54.6 Å². The van der Waals surface area contributed by atoms with Crippen molar-refractivity contribution in [1.29, 1.82) is 0 Å². The summed E-state index contributed by atoms with van der Waals surface area (Å²) in [6.45, 7) is 0.956. The van der Waals surface area contributed by atoms with Gasteiger partial charge < -0.3 is 25.5 Å². The molecule has 4 N–H and O–H groups in total. The van der Waals surface area contributed by atoms with E-state index in [0.717, 1.165) is 4.90 Å². The molecule has 3 heterocycles. The summed E-state index contributed by atoms with van der Waals surface area (Å²) in [4.78, 5) is 70.9. The van der Waals surface area contributed by atoms with Gasteiger partial charge in [-0.3, -0.25) is 24.1 Å². The molecule has 0 radical (unpaired) electrons. The van der Waals surface area contributed by atoms with Crippen LogP contribution in [-0.2, 0) is 23.9 Å². The number of benzene rings is 2. The number of aromatic nitrogens is 2. The Kier molecular flexibility index (Phi) is 7.07. The zero-order chi connectivity index (χ0) is 27.7. The maximum Gasteiger partial charge on any atom is 0.352 e. The highest BCUT2D eigenvalue weighted by atomic mass is 32.2. The molecule has 200 valence electrons. The zero-order valence-corrected chi connectivity index (χ0v) is 21.4. The second-order valence-corrected chi connectivity index (χ2v) is 9.96. The Morgan fingerprint density at radius 3 is 2.56 bits per heavy atom. The molecule has 0 saturated carbocycles. The van der Waals surface area contributed by atoms with E-state index in [1.165, 1.54) is 18.7 Å². The number of rotatable bonds is 8. The number of esters is 1. The van der Waals surface area contributed by atoms with Crippen LogP contribution in [0.2, 0.25) is 0 Å². The van der Waals surface area contributed by atoms with Gasteiger partial charge in [-0.1, -0.05) is 42.5 Å². The summed E-state index contributed by atoms with van der Waals surface area (Å²) in [6, 6.07) is 13.5. The van der Waals surface area contributed by atoms with Crippen molar-refractivity contribution in [2.75, 3.05) is 12.4 Å². The Labute approximate surface area is 225 Å². The Morgan fingerprint density at radius 2 is 1.87 bits per heavy atom. The van der Waals surface area contributed by atoms with E-state index < -0.39 is 47.1 Å². The SMILES string of the molecule is CC(=O)OCC1=C(C(=O)O)N2C(=O)C(NC(=O)C(NC(=O)c3nc4ccccc4[nH]3)c3ccccc3)[C@@H]2SC1. The molecule has 3 amide bonds. The number of nitrogens with zero attached hydrogens (tertiary/aromatic N) is 2. The molecule has 0 spiro atoms. The largest absolute Gasteiger partial charge is 0.477 e. The number of ether oxygens (including phenoxy) is 1. The predicted molar refractivity (Wildman–Crippen MR) is 139 cm³/mol. The van der Waals surface area contributed by atoms with Gasteiger partial charge in [0, 0.05) is 18.2 Å². The van der Waals surface area contributed by atoms with Gasteiger partial charge in [0.1, 0.15) is 29.8 Å². The fraction of sp³-hybridized carbons (Fsp3) is 0.231. The first-order valence-electron chi connectivity index (χ1n) is 11.9. The van der Waals surface area contributed by atoms with Gasteiger partial charge in [0.15, 0.2) is 5.82 Å². The number of carboxylic acids is 1. The van der Waals surface area contributed by atoms with Gasteiger partial charge in [0.2, 0.25) is 5.91 Å². The number of aliphatic carboxylic acids is 1. The van der Waals surface area contributed by atoms with E-state index in [-0.39, 0.29) is 29.5 Å². The smallest absolute Gasteiger partial charge is 0.352 e. The van der Waals surface area contributed by atoms with Gasteiger partial charge in [-0.2, -0.15) is 0 Å². The molecule has 0 aliphatic carbocycles. The van der Waals surface area contributed by atoms with Crippen molar-refractivity contribution in [2.24, 2.45) is 0 Å². The number of H-pyrrole nitrogens is 1. The molecule has 2 unspecified atom stereocenters. The maximum atomic E-state index is 13.4. The third-order valence-electron chi connectivity index (χ3n) is 6.27. The van der Waals surface area contributed by atoms with E-state index in [0.29, 0.717) is 16.6 Å². The van der Waals surface area contributed by atoms with Gasteiger partial charge in [-0.05, 0) is 17.7 Å². The number of aromatic amines is 1. The van der Waals surface area contributed by atoms with Gasteiger partial charge >= 0.3 is 11.9 Å². The number of β-lactam (4-membered cyclic amide) rings is 1. The molecule has 5 rings (SSSR count). The summed E-state index contributed by atoms with van der Waals surface area (Å²) in [5, 5.41) is 14.4. The molecular formula is C26H23N5O7S. The molecule has 2 aromatic carbocycles. The molecule has 12 nitrogen and oxygen atoms in total. The second-order valence-electron chi connectivity index (χ2n) is 8.85. The Balaban J connectivity index is 1.34. The van der Waals surface area contributed by atoms with E-state index in [9.17, 15) is 29.1 Å². The molecule has 1 fully saturated rings. The number of hydrogen-bond acceptors (Lipinski definition) is 8. The molecule has 2 aliphatic heterocycles. The fourth-order valence-electron chi connectivity index (χ4n) is 4.43. The maximum absolute atomic E-state index is 13.4. The van der Waals surface area contributed by atoms with Crippen LogP contribution in [0, 0.1) is 0 Å². The van der Waals surface area contributed by atoms with Crippen molar-refractivity contribution < 1.29 is 33.8 Å². The van der Waals surface area contributed by atoms with Crippen molar-refractivity contribution in [3.8, 4) is 0 Å². The number of hydrogen-bond donors (Lipinski definition) is 4. The lowest BCUT2D eigenvalue weighted by Crippen LogP contribution is -2.71. The Bertz CT molecular complexity index is 1490. The summed E-state index contributed by atoms with van der Waals surface area (Å²) in [5.74, 6) is -3.56. The minimum atomic E-state index is -1.33. The average Bonchev–Trinajstić information content (AvgIpc) is 3.37. The van der Waals surface area contributed by atoms with Gasteiger partial charge in [0.25, 0.3) is 11.8 Å². The number of amides is 3. The highest BCUT2D eigenvalue weighted by Gasteiger charge is 2.54. The summed E-state index contributed by atoms with van der Waals surface area (Å²) >= 11 is 1.24. The number of para-hydroxylation sites is 2. The van der Waals surface area contributed by atoms with E-state index in [4.69, 9.17) is 4.74 Å².